The van der Waals surface area contributed by atoms with Crippen LogP contribution in [0.15, 0.2) is 71.7 Å². The highest BCUT2D eigenvalue weighted by molar-refractivity contribution is 6.09. The highest BCUT2D eigenvalue weighted by Crippen LogP contribution is 2.32. The van der Waals surface area contributed by atoms with Crippen LogP contribution in [0.4, 0.5) is 23.4 Å². The molecule has 0 spiro atoms. The van der Waals surface area contributed by atoms with E-state index in [-0.39, 0.29) is 33.8 Å². The zero-order valence-electron chi connectivity index (χ0n) is 24.7. The normalized spacial score (nSPS) is 12.0. The van der Waals surface area contributed by atoms with Gasteiger partial charge in [-0.2, -0.15) is 13.2 Å². The number of alkyl halides is 3. The number of nitrogens with zero attached hydrogens (tertiary/aromatic N) is 2. The minimum absolute atomic E-state index is 0.0336. The Hall–Kier alpha value is -5.17. The van der Waals surface area contributed by atoms with Gasteiger partial charge in [0.1, 0.15) is 5.82 Å². The second kappa shape index (κ2) is 13.2. The van der Waals surface area contributed by atoms with Crippen LogP contribution in [0.3, 0.4) is 0 Å². The van der Waals surface area contributed by atoms with Gasteiger partial charge in [-0.05, 0) is 86.6 Å². The average Bonchev–Trinajstić information content (AvgIpc) is 3.02. The van der Waals surface area contributed by atoms with Gasteiger partial charge >= 0.3 is 6.18 Å². The van der Waals surface area contributed by atoms with Crippen molar-refractivity contribution in [2.24, 2.45) is 0 Å². The van der Waals surface area contributed by atoms with E-state index in [1.165, 1.54) is 25.4 Å². The molecule has 3 N–H and O–H groups in total. The first-order valence-corrected chi connectivity index (χ1v) is 13.7. The van der Waals surface area contributed by atoms with E-state index in [1.807, 2.05) is 0 Å². The quantitative estimate of drug-likeness (QED) is 0.186. The lowest BCUT2D eigenvalue weighted by Gasteiger charge is -2.19. The van der Waals surface area contributed by atoms with Gasteiger partial charge in [0.15, 0.2) is 11.6 Å². The molecule has 0 saturated heterocycles. The fourth-order valence-electron chi connectivity index (χ4n) is 4.51. The third-order valence-electron chi connectivity index (χ3n) is 7.15. The van der Waals surface area contributed by atoms with Gasteiger partial charge in [-0.1, -0.05) is 6.07 Å². The molecule has 0 saturated carbocycles. The van der Waals surface area contributed by atoms with Crippen LogP contribution in [0.2, 0.25) is 0 Å². The average molecular weight is 624 g/mol. The first kappa shape index (κ1) is 32.7. The molecule has 9 nitrogen and oxygen atoms in total. The van der Waals surface area contributed by atoms with Crippen molar-refractivity contribution in [3.8, 4) is 11.3 Å². The molecule has 0 bridgehead atoms. The number of halogens is 4. The molecule has 1 atom stereocenters. The molecule has 0 radical (unpaired) electrons. The van der Waals surface area contributed by atoms with E-state index in [9.17, 15) is 36.7 Å². The maximum Gasteiger partial charge on any atom is 0.416 e. The molecule has 0 fully saturated rings. The lowest BCUT2D eigenvalue weighted by molar-refractivity contribution is -0.137. The second-order valence-electron chi connectivity index (χ2n) is 10.2. The van der Waals surface area contributed by atoms with Crippen LogP contribution >= 0.6 is 0 Å². The summed E-state index contributed by atoms with van der Waals surface area (Å²) in [5.74, 6) is -2.77. The van der Waals surface area contributed by atoms with Crippen LogP contribution in [0.25, 0.3) is 11.3 Å². The summed E-state index contributed by atoms with van der Waals surface area (Å²) in [5, 5.41) is 7.68. The van der Waals surface area contributed by atoms with Crippen molar-refractivity contribution >= 4 is 23.4 Å². The maximum atomic E-state index is 14.0. The van der Waals surface area contributed by atoms with Gasteiger partial charge in [-0.15, -0.1) is 0 Å². The number of amides is 2. The van der Waals surface area contributed by atoms with Gasteiger partial charge in [0.2, 0.25) is 5.91 Å². The maximum absolute atomic E-state index is 14.0. The lowest BCUT2D eigenvalue weighted by Crippen LogP contribution is -2.38. The number of benzene rings is 3. The topological polar surface area (TPSA) is 122 Å². The number of likely N-dealkylation sites (N-methyl/N-ethyl adjacent to an activating group) is 1. The molecule has 0 aliphatic carbocycles. The Morgan fingerprint density at radius 3 is 2.22 bits per heavy atom. The van der Waals surface area contributed by atoms with Crippen LogP contribution in [0, 0.1) is 12.7 Å². The smallest absolute Gasteiger partial charge is 0.355 e. The largest absolute Gasteiger partial charge is 0.416 e. The monoisotopic (exact) mass is 623 g/mol. The van der Waals surface area contributed by atoms with Gasteiger partial charge in [0.05, 0.1) is 30.0 Å². The van der Waals surface area contributed by atoms with Gasteiger partial charge in [-0.3, -0.25) is 23.7 Å². The number of carbonyl (C=O) groups excluding carboxylic acids is 3. The van der Waals surface area contributed by atoms with Crippen molar-refractivity contribution in [2.75, 3.05) is 19.4 Å². The Labute approximate surface area is 255 Å². The van der Waals surface area contributed by atoms with Gasteiger partial charge in [0.25, 0.3) is 11.5 Å². The number of carbonyl (C=O) groups is 3. The summed E-state index contributed by atoms with van der Waals surface area (Å²) < 4.78 is 56.6. The third kappa shape index (κ3) is 7.32. The Morgan fingerprint density at radius 2 is 1.60 bits per heavy atom. The number of aromatic nitrogens is 2. The zero-order valence-corrected chi connectivity index (χ0v) is 24.7. The fraction of sp³-hybridized carbons (Fsp3) is 0.219. The van der Waals surface area contributed by atoms with Crippen LogP contribution in [0.1, 0.15) is 49.9 Å². The van der Waals surface area contributed by atoms with Crippen molar-refractivity contribution in [3.05, 3.63) is 116 Å². The number of hydrogen-bond donors (Lipinski definition) is 3. The number of ketones is 1. The Balaban J connectivity index is 1.92. The summed E-state index contributed by atoms with van der Waals surface area (Å²) in [6, 6.07) is 11.1. The van der Waals surface area contributed by atoms with E-state index >= 15 is 0 Å². The van der Waals surface area contributed by atoms with E-state index in [1.54, 1.807) is 33.0 Å². The van der Waals surface area contributed by atoms with Crippen LogP contribution in [-0.4, -0.2) is 47.3 Å². The lowest BCUT2D eigenvalue weighted by atomic mass is 9.97. The molecule has 0 aliphatic heterocycles. The minimum Gasteiger partial charge on any atom is -0.355 e. The number of aryl methyl sites for hydroxylation is 1. The van der Waals surface area contributed by atoms with Crippen LogP contribution in [0.5, 0.6) is 0 Å². The zero-order chi connectivity index (χ0) is 33.1. The third-order valence-corrected chi connectivity index (χ3v) is 7.15. The molecular weight excluding hydrogens is 594 g/mol. The first-order chi connectivity index (χ1) is 21.2. The molecular formula is C32H29F4N5O4. The SMILES string of the molecule is CNC(=O)c1ccc(C)c(-c2cnc(NC(=O)[C@H](C)NC)c(=O)n2Cc2cc(C(=O)c3ccc(F)cc3)cc(C(F)(F)F)c2)c1. The van der Waals surface area contributed by atoms with E-state index in [0.717, 1.165) is 34.9 Å². The highest BCUT2D eigenvalue weighted by Gasteiger charge is 2.32. The van der Waals surface area contributed by atoms with Crippen molar-refractivity contribution in [3.63, 3.8) is 0 Å². The number of anilines is 1. The predicted octanol–water partition coefficient (Wildman–Crippen LogP) is 4.56. The summed E-state index contributed by atoms with van der Waals surface area (Å²) in [6.45, 7) is 2.79. The summed E-state index contributed by atoms with van der Waals surface area (Å²) in [7, 11) is 2.99. The molecule has 3 aromatic carbocycles. The molecule has 0 unspecified atom stereocenters. The molecule has 234 valence electrons. The molecule has 1 aromatic heterocycles. The van der Waals surface area contributed by atoms with Crippen LogP contribution in [-0.2, 0) is 17.5 Å². The Bertz CT molecular complexity index is 1840. The standard InChI is InChI=1S/C32H29F4N5O4/c1-17-5-6-21(30(44)38-4)14-25(17)26-15-39-28(40-29(43)18(2)37-3)31(45)41(26)16-19-11-22(13-23(12-19)32(34,35)36)27(42)20-7-9-24(33)10-8-20/h5-15,18,37H,16H2,1-4H3,(H,38,44)(H,39,40,43)/t18-/m0/s1. The number of hydrogen-bond acceptors (Lipinski definition) is 6. The van der Waals surface area contributed by atoms with E-state index in [2.05, 4.69) is 20.9 Å². The highest BCUT2D eigenvalue weighted by atomic mass is 19.4. The minimum atomic E-state index is -4.85. The molecule has 4 rings (SSSR count). The van der Waals surface area contributed by atoms with Crippen molar-refractivity contribution < 1.29 is 31.9 Å². The van der Waals surface area contributed by atoms with E-state index < -0.39 is 53.3 Å². The van der Waals surface area contributed by atoms with E-state index in [4.69, 9.17) is 0 Å². The summed E-state index contributed by atoms with van der Waals surface area (Å²) >= 11 is 0. The summed E-state index contributed by atoms with van der Waals surface area (Å²) in [4.78, 5) is 56.1. The van der Waals surface area contributed by atoms with Gasteiger partial charge in [0, 0.05) is 29.3 Å². The van der Waals surface area contributed by atoms with Crippen LogP contribution < -0.4 is 21.5 Å². The predicted molar refractivity (Wildman–Crippen MR) is 160 cm³/mol. The van der Waals surface area contributed by atoms with E-state index in [0.29, 0.717) is 17.2 Å². The van der Waals surface area contributed by atoms with Gasteiger partial charge < -0.3 is 16.0 Å². The summed E-state index contributed by atoms with van der Waals surface area (Å²) in [5.41, 5.74) is -0.994. The first-order valence-electron chi connectivity index (χ1n) is 13.7. The fourth-order valence-corrected chi connectivity index (χ4v) is 4.51. The van der Waals surface area contributed by atoms with Crippen molar-refractivity contribution in [1.82, 2.24) is 20.2 Å². The Kier molecular flexibility index (Phi) is 9.62. The molecule has 1 heterocycles. The second-order valence-corrected chi connectivity index (χ2v) is 10.2. The summed E-state index contributed by atoms with van der Waals surface area (Å²) in [6.07, 6.45) is -3.57. The molecule has 2 amide bonds. The molecule has 13 heteroatoms. The Morgan fingerprint density at radius 1 is 0.933 bits per heavy atom. The number of rotatable bonds is 9. The van der Waals surface area contributed by atoms with Crippen molar-refractivity contribution in [2.45, 2.75) is 32.6 Å². The molecule has 0 aliphatic rings. The van der Waals surface area contributed by atoms with Gasteiger partial charge in [-0.25, -0.2) is 9.37 Å². The molecule has 45 heavy (non-hydrogen) atoms. The molecule has 4 aromatic rings. The van der Waals surface area contributed by atoms with Crippen molar-refractivity contribution in [1.29, 1.82) is 0 Å². The number of nitrogens with one attached hydrogen (secondary N) is 3.